The summed E-state index contributed by atoms with van der Waals surface area (Å²) in [5.74, 6) is 0.716. The van der Waals surface area contributed by atoms with E-state index in [0.29, 0.717) is 22.0 Å². The Bertz CT molecular complexity index is 1010. The van der Waals surface area contributed by atoms with Crippen molar-refractivity contribution < 1.29 is 13.9 Å². The predicted molar refractivity (Wildman–Crippen MR) is 115 cm³/mol. The molecular formula is C20H20BrFN4O2S. The Morgan fingerprint density at radius 3 is 2.83 bits per heavy atom. The maximum absolute atomic E-state index is 13.9. The molecule has 6 nitrogen and oxygen atoms in total. The monoisotopic (exact) mass is 478 g/mol. The van der Waals surface area contributed by atoms with Crippen LogP contribution in [0.1, 0.15) is 18.3 Å². The number of carbonyl (C=O) groups is 1. The second-order valence-electron chi connectivity index (χ2n) is 6.21. The summed E-state index contributed by atoms with van der Waals surface area (Å²) in [5, 5.41) is 11.5. The molecular weight excluding hydrogens is 459 g/mol. The largest absolute Gasteiger partial charge is 0.486 e. The number of amides is 1. The number of nitrogens with zero attached hydrogens (tertiary/aromatic N) is 3. The van der Waals surface area contributed by atoms with Crippen LogP contribution in [-0.4, -0.2) is 26.4 Å². The smallest absolute Gasteiger partial charge is 0.234 e. The third-order valence-corrected chi connectivity index (χ3v) is 5.46. The van der Waals surface area contributed by atoms with Gasteiger partial charge in [-0.2, -0.15) is 0 Å². The van der Waals surface area contributed by atoms with Gasteiger partial charge in [0.05, 0.1) is 11.4 Å². The fourth-order valence-corrected chi connectivity index (χ4v) is 3.76. The van der Waals surface area contributed by atoms with Crippen molar-refractivity contribution in [1.29, 1.82) is 0 Å². The van der Waals surface area contributed by atoms with Gasteiger partial charge in [0, 0.05) is 11.0 Å². The summed E-state index contributed by atoms with van der Waals surface area (Å²) < 4.78 is 22.2. The summed E-state index contributed by atoms with van der Waals surface area (Å²) in [5.41, 5.74) is 1.26. The third-order valence-electron chi connectivity index (χ3n) is 4.00. The van der Waals surface area contributed by atoms with Gasteiger partial charge >= 0.3 is 0 Å². The first-order valence-corrected chi connectivity index (χ1v) is 10.7. The highest BCUT2D eigenvalue weighted by atomic mass is 79.9. The van der Waals surface area contributed by atoms with Gasteiger partial charge < -0.3 is 14.6 Å². The summed E-state index contributed by atoms with van der Waals surface area (Å²) in [6.45, 7) is 4.90. The molecule has 0 aliphatic heterocycles. The molecule has 3 rings (SSSR count). The summed E-state index contributed by atoms with van der Waals surface area (Å²) in [4.78, 5) is 12.2. The topological polar surface area (TPSA) is 69.0 Å². The Morgan fingerprint density at radius 1 is 1.28 bits per heavy atom. The first-order valence-electron chi connectivity index (χ1n) is 8.95. The van der Waals surface area contributed by atoms with Crippen molar-refractivity contribution in [1.82, 2.24) is 14.8 Å². The Balaban J connectivity index is 1.58. The Kier molecular flexibility index (Phi) is 7.27. The molecule has 152 valence electrons. The maximum Gasteiger partial charge on any atom is 0.234 e. The van der Waals surface area contributed by atoms with Crippen molar-refractivity contribution in [3.63, 3.8) is 0 Å². The van der Waals surface area contributed by atoms with Crippen molar-refractivity contribution in [3.05, 3.63) is 64.1 Å². The number of benzene rings is 2. The second kappa shape index (κ2) is 9.89. The van der Waals surface area contributed by atoms with Crippen molar-refractivity contribution in [2.24, 2.45) is 0 Å². The fourth-order valence-electron chi connectivity index (χ4n) is 2.61. The highest BCUT2D eigenvalue weighted by molar-refractivity contribution is 9.10. The predicted octanol–water partition coefficient (Wildman–Crippen LogP) is 4.82. The molecule has 29 heavy (non-hydrogen) atoms. The van der Waals surface area contributed by atoms with Crippen LogP contribution in [0.2, 0.25) is 0 Å². The van der Waals surface area contributed by atoms with Crippen LogP contribution < -0.4 is 10.1 Å². The molecule has 2 aromatic carbocycles. The zero-order chi connectivity index (χ0) is 20.8. The van der Waals surface area contributed by atoms with E-state index in [-0.39, 0.29) is 24.0 Å². The van der Waals surface area contributed by atoms with E-state index in [1.165, 1.54) is 23.9 Å². The number of anilines is 1. The van der Waals surface area contributed by atoms with Gasteiger partial charge in [-0.25, -0.2) is 4.39 Å². The van der Waals surface area contributed by atoms with Crippen LogP contribution in [0.25, 0.3) is 0 Å². The minimum absolute atomic E-state index is 0.0897. The molecule has 1 heterocycles. The standard InChI is InChI=1S/C20H20BrFN4O2S/c1-3-26-18(11-28-15-6-4-5-13(2)9-15)24-25-20(26)29-12-19(27)23-17-8-7-14(21)10-16(17)22/h4-10H,3,11-12H2,1-2H3,(H,23,27). The molecule has 0 atom stereocenters. The SMILES string of the molecule is CCn1c(COc2cccc(C)c2)nnc1SCC(=O)Nc1ccc(Br)cc1F. The van der Waals surface area contributed by atoms with E-state index in [1.54, 1.807) is 6.07 Å². The van der Waals surface area contributed by atoms with Crippen LogP contribution >= 0.6 is 27.7 Å². The molecule has 0 fully saturated rings. The van der Waals surface area contributed by atoms with Crippen LogP contribution in [0.5, 0.6) is 5.75 Å². The number of nitrogens with one attached hydrogen (secondary N) is 1. The zero-order valence-electron chi connectivity index (χ0n) is 16.0. The molecule has 0 bridgehead atoms. The third kappa shape index (κ3) is 5.80. The Morgan fingerprint density at radius 2 is 2.10 bits per heavy atom. The van der Waals surface area contributed by atoms with Gasteiger partial charge in [0.15, 0.2) is 11.0 Å². The van der Waals surface area contributed by atoms with Crippen LogP contribution in [0.3, 0.4) is 0 Å². The van der Waals surface area contributed by atoms with E-state index in [4.69, 9.17) is 4.74 Å². The average molecular weight is 479 g/mol. The van der Waals surface area contributed by atoms with Gasteiger partial charge in [-0.05, 0) is 49.7 Å². The minimum atomic E-state index is -0.495. The first kappa shape index (κ1) is 21.3. The van der Waals surface area contributed by atoms with Crippen LogP contribution in [0, 0.1) is 12.7 Å². The summed E-state index contributed by atoms with van der Waals surface area (Å²) >= 11 is 4.43. The molecule has 0 aliphatic carbocycles. The number of halogens is 2. The molecule has 1 aromatic heterocycles. The second-order valence-corrected chi connectivity index (χ2v) is 8.07. The van der Waals surface area contributed by atoms with Gasteiger partial charge in [0.1, 0.15) is 18.2 Å². The molecule has 3 aromatic rings. The molecule has 9 heteroatoms. The summed E-state index contributed by atoms with van der Waals surface area (Å²) in [7, 11) is 0. The first-order chi connectivity index (χ1) is 14.0. The number of hydrogen-bond acceptors (Lipinski definition) is 5. The molecule has 0 aliphatic rings. The Labute approximate surface area is 181 Å². The number of thioether (sulfide) groups is 1. The lowest BCUT2D eigenvalue weighted by atomic mass is 10.2. The lowest BCUT2D eigenvalue weighted by Crippen LogP contribution is -2.15. The van der Waals surface area contributed by atoms with Gasteiger partial charge in [0.25, 0.3) is 0 Å². The fraction of sp³-hybridized carbons (Fsp3) is 0.250. The van der Waals surface area contributed by atoms with Crippen LogP contribution in [0.4, 0.5) is 10.1 Å². The van der Waals surface area contributed by atoms with Crippen molar-refractivity contribution in [3.8, 4) is 5.75 Å². The lowest BCUT2D eigenvalue weighted by Gasteiger charge is -2.09. The van der Waals surface area contributed by atoms with E-state index < -0.39 is 5.82 Å². The van der Waals surface area contributed by atoms with Gasteiger partial charge in [0.2, 0.25) is 5.91 Å². The molecule has 0 saturated heterocycles. The van der Waals surface area contributed by atoms with Gasteiger partial charge in [-0.1, -0.05) is 39.8 Å². The number of ether oxygens (including phenoxy) is 1. The molecule has 1 amide bonds. The molecule has 0 saturated carbocycles. The van der Waals surface area contributed by atoms with E-state index in [9.17, 15) is 9.18 Å². The summed E-state index contributed by atoms with van der Waals surface area (Å²) in [6.07, 6.45) is 0. The van der Waals surface area contributed by atoms with E-state index in [0.717, 1.165) is 11.3 Å². The van der Waals surface area contributed by atoms with E-state index in [1.807, 2.05) is 42.7 Å². The normalized spacial score (nSPS) is 10.8. The highest BCUT2D eigenvalue weighted by Gasteiger charge is 2.15. The van der Waals surface area contributed by atoms with Crippen molar-refractivity contribution in [2.45, 2.75) is 32.2 Å². The van der Waals surface area contributed by atoms with Crippen LogP contribution in [0.15, 0.2) is 52.1 Å². The maximum atomic E-state index is 13.9. The van der Waals surface area contributed by atoms with Crippen molar-refractivity contribution in [2.75, 3.05) is 11.1 Å². The number of hydrogen-bond donors (Lipinski definition) is 1. The van der Waals surface area contributed by atoms with E-state index >= 15 is 0 Å². The highest BCUT2D eigenvalue weighted by Crippen LogP contribution is 2.22. The molecule has 1 N–H and O–H groups in total. The quantitative estimate of drug-likeness (QED) is 0.470. The van der Waals surface area contributed by atoms with Crippen LogP contribution in [-0.2, 0) is 17.9 Å². The van der Waals surface area contributed by atoms with Gasteiger partial charge in [-0.15, -0.1) is 10.2 Å². The minimum Gasteiger partial charge on any atom is -0.486 e. The summed E-state index contributed by atoms with van der Waals surface area (Å²) in [6, 6.07) is 12.3. The molecule has 0 unspecified atom stereocenters. The lowest BCUT2D eigenvalue weighted by molar-refractivity contribution is -0.113. The zero-order valence-corrected chi connectivity index (χ0v) is 18.4. The number of rotatable bonds is 8. The van der Waals surface area contributed by atoms with Gasteiger partial charge in [-0.3, -0.25) is 4.79 Å². The van der Waals surface area contributed by atoms with Crippen molar-refractivity contribution >= 4 is 39.3 Å². The number of aromatic nitrogens is 3. The Hall–Kier alpha value is -2.39. The number of aryl methyl sites for hydroxylation is 1. The average Bonchev–Trinajstić information content (AvgIpc) is 3.09. The van der Waals surface area contributed by atoms with E-state index in [2.05, 4.69) is 31.4 Å². The molecule has 0 radical (unpaired) electrons. The number of carbonyl (C=O) groups excluding carboxylic acids is 1. The molecule has 0 spiro atoms.